The average molecular weight is 510 g/mol. The van der Waals surface area contributed by atoms with Gasteiger partial charge in [0.15, 0.2) is 5.82 Å². The number of aryl methyl sites for hydroxylation is 1. The standard InChI is InChI=1S/C26H28ClN5O4/c1-15-10-17-11-18(27)12-19(23(17)36-15)24(34)29-14-26(3,4)13-21(33)30-22-16(2)31(5)32(25(22)35)20-8-6-7-9-28-20/h6-12H,13-14H2,1-5H3,(H,29,34)(H,30,33). The van der Waals surface area contributed by atoms with Crippen LogP contribution in [0.4, 0.5) is 5.69 Å². The molecule has 9 nitrogen and oxygen atoms in total. The van der Waals surface area contributed by atoms with Crippen molar-refractivity contribution in [2.45, 2.75) is 34.1 Å². The van der Waals surface area contributed by atoms with Crippen molar-refractivity contribution in [3.8, 4) is 5.82 Å². The number of nitrogens with one attached hydrogen (secondary N) is 2. The van der Waals surface area contributed by atoms with Gasteiger partial charge in [0, 0.05) is 36.6 Å². The number of anilines is 1. The minimum absolute atomic E-state index is 0.0788. The normalized spacial score (nSPS) is 11.6. The van der Waals surface area contributed by atoms with E-state index in [9.17, 15) is 14.4 Å². The summed E-state index contributed by atoms with van der Waals surface area (Å²) in [4.78, 5) is 43.1. The minimum atomic E-state index is -0.598. The van der Waals surface area contributed by atoms with E-state index in [-0.39, 0.29) is 36.0 Å². The average Bonchev–Trinajstić information content (AvgIpc) is 3.28. The van der Waals surface area contributed by atoms with Gasteiger partial charge in [-0.3, -0.25) is 19.1 Å². The van der Waals surface area contributed by atoms with Gasteiger partial charge < -0.3 is 15.1 Å². The number of fused-ring (bicyclic) bond motifs is 1. The van der Waals surface area contributed by atoms with Crippen molar-refractivity contribution in [1.29, 1.82) is 0 Å². The van der Waals surface area contributed by atoms with Crippen LogP contribution in [0.15, 0.2) is 51.8 Å². The first-order valence-corrected chi connectivity index (χ1v) is 11.8. The molecule has 2 amide bonds. The summed E-state index contributed by atoms with van der Waals surface area (Å²) in [7, 11) is 1.73. The summed E-state index contributed by atoms with van der Waals surface area (Å²) in [5.41, 5.74) is 0.631. The molecule has 0 unspecified atom stereocenters. The summed E-state index contributed by atoms with van der Waals surface area (Å²) in [6, 6.07) is 10.4. The maximum absolute atomic E-state index is 13.0. The second-order valence-corrected chi connectivity index (χ2v) is 10.0. The van der Waals surface area contributed by atoms with E-state index in [0.717, 1.165) is 5.39 Å². The quantitative estimate of drug-likeness (QED) is 0.384. The van der Waals surface area contributed by atoms with Gasteiger partial charge >= 0.3 is 0 Å². The van der Waals surface area contributed by atoms with Crippen LogP contribution in [0, 0.1) is 19.3 Å². The third kappa shape index (κ3) is 5.06. The predicted octanol–water partition coefficient (Wildman–Crippen LogP) is 4.37. The van der Waals surface area contributed by atoms with Gasteiger partial charge in [-0.2, -0.15) is 4.68 Å². The number of nitrogens with zero attached hydrogens (tertiary/aromatic N) is 3. The molecule has 0 aliphatic rings. The highest BCUT2D eigenvalue weighted by Crippen LogP contribution is 2.28. The topological polar surface area (TPSA) is 111 Å². The van der Waals surface area contributed by atoms with E-state index >= 15 is 0 Å². The van der Waals surface area contributed by atoms with Crippen molar-refractivity contribution < 1.29 is 14.0 Å². The lowest BCUT2D eigenvalue weighted by atomic mass is 9.88. The number of pyridine rings is 1. The first-order valence-electron chi connectivity index (χ1n) is 11.4. The van der Waals surface area contributed by atoms with E-state index in [2.05, 4.69) is 15.6 Å². The molecule has 1 aromatic carbocycles. The van der Waals surface area contributed by atoms with E-state index < -0.39 is 5.41 Å². The molecule has 3 heterocycles. The monoisotopic (exact) mass is 509 g/mol. The van der Waals surface area contributed by atoms with Crippen molar-refractivity contribution in [2.75, 3.05) is 11.9 Å². The molecule has 0 aliphatic heterocycles. The van der Waals surface area contributed by atoms with Gasteiger partial charge in [0.1, 0.15) is 17.0 Å². The van der Waals surface area contributed by atoms with Gasteiger partial charge in [0.05, 0.1) is 11.3 Å². The Hall–Kier alpha value is -3.85. The zero-order valence-corrected chi connectivity index (χ0v) is 21.6. The van der Waals surface area contributed by atoms with Crippen LogP contribution in [-0.2, 0) is 11.8 Å². The van der Waals surface area contributed by atoms with E-state index in [4.69, 9.17) is 16.0 Å². The maximum Gasteiger partial charge on any atom is 0.296 e. The third-order valence-corrected chi connectivity index (χ3v) is 6.22. The van der Waals surface area contributed by atoms with Crippen LogP contribution in [0.3, 0.4) is 0 Å². The first kappa shape index (κ1) is 25.2. The molecule has 0 saturated carbocycles. The van der Waals surface area contributed by atoms with Gasteiger partial charge in [-0.15, -0.1) is 0 Å². The van der Waals surface area contributed by atoms with E-state index in [1.807, 2.05) is 19.9 Å². The Balaban J connectivity index is 1.45. The van der Waals surface area contributed by atoms with E-state index in [1.54, 1.807) is 62.1 Å². The summed E-state index contributed by atoms with van der Waals surface area (Å²) >= 11 is 6.18. The Morgan fingerprint density at radius 3 is 2.61 bits per heavy atom. The van der Waals surface area contributed by atoms with E-state index in [1.165, 1.54) is 4.68 Å². The third-order valence-electron chi connectivity index (χ3n) is 6.00. The number of carbonyl (C=O) groups is 2. The van der Waals surface area contributed by atoms with Crippen molar-refractivity contribution in [1.82, 2.24) is 19.7 Å². The van der Waals surface area contributed by atoms with Gasteiger partial charge in [-0.25, -0.2) is 4.98 Å². The Labute approximate surface area is 213 Å². The van der Waals surface area contributed by atoms with Gasteiger partial charge in [-0.05, 0) is 49.6 Å². The molecule has 0 bridgehead atoms. The highest BCUT2D eigenvalue weighted by Gasteiger charge is 2.26. The molecule has 0 fully saturated rings. The molecule has 3 aromatic heterocycles. The highest BCUT2D eigenvalue weighted by molar-refractivity contribution is 6.32. The largest absolute Gasteiger partial charge is 0.461 e. The molecule has 188 valence electrons. The second kappa shape index (κ2) is 9.66. The molecule has 2 N–H and O–H groups in total. The molecule has 4 aromatic rings. The van der Waals surface area contributed by atoms with Crippen molar-refractivity contribution in [2.24, 2.45) is 12.5 Å². The number of rotatable bonds is 7. The number of amides is 2. The van der Waals surface area contributed by atoms with Crippen LogP contribution in [0.2, 0.25) is 5.02 Å². The molecule has 0 spiro atoms. The molecule has 0 aliphatic carbocycles. The Kier molecular flexibility index (Phi) is 6.77. The number of aromatic nitrogens is 3. The second-order valence-electron chi connectivity index (χ2n) is 9.59. The first-order chi connectivity index (χ1) is 17.0. The summed E-state index contributed by atoms with van der Waals surface area (Å²) in [6.07, 6.45) is 1.68. The van der Waals surface area contributed by atoms with Gasteiger partial charge in [0.25, 0.3) is 11.5 Å². The number of furan rings is 1. The lowest BCUT2D eigenvalue weighted by molar-refractivity contribution is -0.118. The van der Waals surface area contributed by atoms with Gasteiger partial charge in [-0.1, -0.05) is 31.5 Å². The number of benzene rings is 1. The summed E-state index contributed by atoms with van der Waals surface area (Å²) in [6.45, 7) is 7.50. The number of hydrogen-bond acceptors (Lipinski definition) is 5. The number of halogens is 1. The SMILES string of the molecule is Cc1cc2cc(Cl)cc(C(=O)NCC(C)(C)CC(=O)Nc3c(C)n(C)n(-c4ccccn4)c3=O)c2o1. The van der Waals surface area contributed by atoms with Gasteiger partial charge in [0.2, 0.25) is 5.91 Å². The fourth-order valence-electron chi connectivity index (χ4n) is 4.10. The zero-order chi connectivity index (χ0) is 26.2. The zero-order valence-electron chi connectivity index (χ0n) is 20.8. The molecule has 36 heavy (non-hydrogen) atoms. The van der Waals surface area contributed by atoms with E-state index in [0.29, 0.717) is 33.4 Å². The Morgan fingerprint density at radius 1 is 1.17 bits per heavy atom. The fraction of sp³-hybridized carbons (Fsp3) is 0.308. The Bertz CT molecular complexity index is 1510. The molecule has 0 atom stereocenters. The smallest absolute Gasteiger partial charge is 0.296 e. The van der Waals surface area contributed by atoms with Crippen LogP contribution in [-0.4, -0.2) is 32.7 Å². The lowest BCUT2D eigenvalue weighted by Gasteiger charge is -2.24. The molecule has 0 radical (unpaired) electrons. The minimum Gasteiger partial charge on any atom is -0.461 e. The predicted molar refractivity (Wildman–Crippen MR) is 139 cm³/mol. The molecule has 10 heteroatoms. The summed E-state index contributed by atoms with van der Waals surface area (Å²) in [5.74, 6) is 0.456. The van der Waals surface area contributed by atoms with Crippen LogP contribution in [0.1, 0.15) is 42.1 Å². The highest BCUT2D eigenvalue weighted by atomic mass is 35.5. The van der Waals surface area contributed by atoms with Crippen molar-refractivity contribution in [3.05, 3.63) is 75.0 Å². The molecular weight excluding hydrogens is 482 g/mol. The number of hydrogen-bond donors (Lipinski definition) is 2. The lowest BCUT2D eigenvalue weighted by Crippen LogP contribution is -2.36. The summed E-state index contributed by atoms with van der Waals surface area (Å²) in [5, 5.41) is 6.81. The molecule has 0 saturated heterocycles. The van der Waals surface area contributed by atoms with Crippen LogP contribution >= 0.6 is 11.6 Å². The van der Waals surface area contributed by atoms with Crippen LogP contribution in [0.5, 0.6) is 0 Å². The van der Waals surface area contributed by atoms with Crippen LogP contribution in [0.25, 0.3) is 16.8 Å². The van der Waals surface area contributed by atoms with Crippen molar-refractivity contribution >= 4 is 40.1 Å². The summed E-state index contributed by atoms with van der Waals surface area (Å²) < 4.78 is 8.73. The fourth-order valence-corrected chi connectivity index (χ4v) is 4.33. The van der Waals surface area contributed by atoms with Crippen molar-refractivity contribution in [3.63, 3.8) is 0 Å². The molecular formula is C26H28ClN5O4. The molecule has 4 rings (SSSR count). The Morgan fingerprint density at radius 2 is 1.92 bits per heavy atom. The maximum atomic E-state index is 13.0. The number of carbonyl (C=O) groups excluding carboxylic acids is 2. The van der Waals surface area contributed by atoms with Crippen LogP contribution < -0.4 is 16.2 Å².